The first-order valence-electron chi connectivity index (χ1n) is 5.53. The summed E-state index contributed by atoms with van der Waals surface area (Å²) in [6, 6.07) is 0.550. The third-order valence-corrected chi connectivity index (χ3v) is 4.38. The molecule has 3 rings (SSSR count). The van der Waals surface area contributed by atoms with Gasteiger partial charge in [0.05, 0.1) is 16.7 Å². The Bertz CT molecular complexity index is 328. The Morgan fingerprint density at radius 2 is 2.43 bits per heavy atom. The minimum atomic E-state index is 0.550. The zero-order chi connectivity index (χ0) is 9.54. The number of nitrogens with one attached hydrogen (secondary N) is 1. The molecule has 1 aliphatic heterocycles. The van der Waals surface area contributed by atoms with Gasteiger partial charge in [0, 0.05) is 11.3 Å². The number of hydrogen-bond donors (Lipinski definition) is 1. The molecule has 1 N–H and O–H groups in total. The first-order valence-corrected chi connectivity index (χ1v) is 6.41. The van der Waals surface area contributed by atoms with Gasteiger partial charge in [-0.1, -0.05) is 6.92 Å². The molecule has 1 saturated carbocycles. The van der Waals surface area contributed by atoms with Crippen molar-refractivity contribution in [3.05, 3.63) is 16.1 Å². The second-order valence-corrected chi connectivity index (χ2v) is 5.47. The molecule has 1 aliphatic carbocycles. The summed E-state index contributed by atoms with van der Waals surface area (Å²) in [7, 11) is 0. The molecule has 1 aromatic heterocycles. The SMILES string of the molecule is CC1CC1c1nc([C@H]2CCCN2)cs1. The maximum atomic E-state index is 4.76. The molecule has 2 fully saturated rings. The van der Waals surface area contributed by atoms with Gasteiger partial charge >= 0.3 is 0 Å². The van der Waals surface area contributed by atoms with Gasteiger partial charge in [0.25, 0.3) is 0 Å². The van der Waals surface area contributed by atoms with E-state index in [0.717, 1.165) is 18.4 Å². The van der Waals surface area contributed by atoms with E-state index in [4.69, 9.17) is 4.98 Å². The van der Waals surface area contributed by atoms with Crippen LogP contribution >= 0.6 is 11.3 Å². The number of nitrogens with zero attached hydrogens (tertiary/aromatic N) is 1. The quantitative estimate of drug-likeness (QED) is 0.808. The summed E-state index contributed by atoms with van der Waals surface area (Å²) in [6.45, 7) is 3.48. The van der Waals surface area contributed by atoms with E-state index < -0.39 is 0 Å². The largest absolute Gasteiger partial charge is 0.309 e. The summed E-state index contributed by atoms with van der Waals surface area (Å²) < 4.78 is 0. The molecule has 0 radical (unpaired) electrons. The highest BCUT2D eigenvalue weighted by Crippen LogP contribution is 2.48. The number of aromatic nitrogens is 1. The van der Waals surface area contributed by atoms with Gasteiger partial charge in [-0.3, -0.25) is 0 Å². The summed E-state index contributed by atoms with van der Waals surface area (Å²) in [5.41, 5.74) is 1.29. The van der Waals surface area contributed by atoms with Crippen molar-refractivity contribution in [3.63, 3.8) is 0 Å². The van der Waals surface area contributed by atoms with Gasteiger partial charge in [-0.25, -0.2) is 4.98 Å². The van der Waals surface area contributed by atoms with E-state index in [9.17, 15) is 0 Å². The van der Waals surface area contributed by atoms with E-state index in [1.165, 1.54) is 30.0 Å². The molecule has 0 aromatic carbocycles. The second-order valence-electron chi connectivity index (χ2n) is 4.58. The van der Waals surface area contributed by atoms with Gasteiger partial charge in [-0.15, -0.1) is 11.3 Å². The lowest BCUT2D eigenvalue weighted by atomic mass is 10.2. The highest BCUT2D eigenvalue weighted by Gasteiger charge is 2.36. The van der Waals surface area contributed by atoms with E-state index >= 15 is 0 Å². The Hall–Kier alpha value is -0.410. The van der Waals surface area contributed by atoms with Crippen LogP contribution in [0.3, 0.4) is 0 Å². The molecule has 14 heavy (non-hydrogen) atoms. The van der Waals surface area contributed by atoms with E-state index in [0.29, 0.717) is 6.04 Å². The lowest BCUT2D eigenvalue weighted by molar-refractivity contribution is 0.629. The van der Waals surface area contributed by atoms with Crippen LogP contribution in [0.4, 0.5) is 0 Å². The molecule has 1 saturated heterocycles. The average molecular weight is 208 g/mol. The monoisotopic (exact) mass is 208 g/mol. The Labute approximate surface area is 88.7 Å². The fraction of sp³-hybridized carbons (Fsp3) is 0.727. The summed E-state index contributed by atoms with van der Waals surface area (Å²) in [5.74, 6) is 1.67. The molecule has 2 heterocycles. The minimum absolute atomic E-state index is 0.550. The Morgan fingerprint density at radius 3 is 3.07 bits per heavy atom. The van der Waals surface area contributed by atoms with Gasteiger partial charge in [-0.2, -0.15) is 0 Å². The fourth-order valence-corrected chi connectivity index (χ4v) is 3.35. The van der Waals surface area contributed by atoms with E-state index in [1.807, 2.05) is 11.3 Å². The topological polar surface area (TPSA) is 24.9 Å². The van der Waals surface area contributed by atoms with E-state index in [2.05, 4.69) is 17.6 Å². The minimum Gasteiger partial charge on any atom is -0.309 e. The van der Waals surface area contributed by atoms with Gasteiger partial charge in [-0.05, 0) is 31.7 Å². The van der Waals surface area contributed by atoms with Crippen LogP contribution in [0.25, 0.3) is 0 Å². The lowest BCUT2D eigenvalue weighted by Gasteiger charge is -2.04. The van der Waals surface area contributed by atoms with Crippen molar-refractivity contribution in [1.82, 2.24) is 10.3 Å². The first kappa shape index (κ1) is 8.86. The van der Waals surface area contributed by atoms with Crippen LogP contribution < -0.4 is 5.32 Å². The smallest absolute Gasteiger partial charge is 0.0962 e. The van der Waals surface area contributed by atoms with Crippen LogP contribution in [0.5, 0.6) is 0 Å². The maximum absolute atomic E-state index is 4.76. The predicted octanol–water partition coefficient (Wildman–Crippen LogP) is 2.69. The summed E-state index contributed by atoms with van der Waals surface area (Å²) in [5, 5.41) is 7.13. The number of hydrogen-bond acceptors (Lipinski definition) is 3. The summed E-state index contributed by atoms with van der Waals surface area (Å²) in [4.78, 5) is 4.76. The van der Waals surface area contributed by atoms with Crippen molar-refractivity contribution in [2.75, 3.05) is 6.54 Å². The molecule has 1 aromatic rings. The van der Waals surface area contributed by atoms with Crippen LogP contribution in [-0.4, -0.2) is 11.5 Å². The van der Waals surface area contributed by atoms with Crippen molar-refractivity contribution in [3.8, 4) is 0 Å². The Morgan fingerprint density at radius 1 is 1.57 bits per heavy atom. The third kappa shape index (κ3) is 1.48. The van der Waals surface area contributed by atoms with Crippen LogP contribution in [0, 0.1) is 5.92 Å². The molecule has 76 valence electrons. The molecule has 3 atom stereocenters. The van der Waals surface area contributed by atoms with Gasteiger partial charge in [0.15, 0.2) is 0 Å². The van der Waals surface area contributed by atoms with Crippen molar-refractivity contribution in [1.29, 1.82) is 0 Å². The highest BCUT2D eigenvalue weighted by atomic mass is 32.1. The third-order valence-electron chi connectivity index (χ3n) is 3.38. The molecule has 0 amide bonds. The van der Waals surface area contributed by atoms with E-state index in [1.54, 1.807) is 0 Å². The molecule has 3 heteroatoms. The highest BCUT2D eigenvalue weighted by molar-refractivity contribution is 7.09. The number of rotatable bonds is 2. The average Bonchev–Trinajstić information content (AvgIpc) is 2.72. The fourth-order valence-electron chi connectivity index (χ4n) is 2.23. The zero-order valence-electron chi connectivity index (χ0n) is 8.49. The van der Waals surface area contributed by atoms with Crippen molar-refractivity contribution < 1.29 is 0 Å². The summed E-state index contributed by atoms with van der Waals surface area (Å²) >= 11 is 1.86. The van der Waals surface area contributed by atoms with Crippen LogP contribution in [0.2, 0.25) is 0 Å². The predicted molar refractivity (Wildman–Crippen MR) is 58.6 cm³/mol. The van der Waals surface area contributed by atoms with Gasteiger partial charge < -0.3 is 5.32 Å². The van der Waals surface area contributed by atoms with Crippen LogP contribution in [0.15, 0.2) is 5.38 Å². The van der Waals surface area contributed by atoms with Crippen LogP contribution in [0.1, 0.15) is 48.8 Å². The maximum Gasteiger partial charge on any atom is 0.0962 e. The first-order chi connectivity index (χ1) is 6.84. The molecule has 2 nitrogen and oxygen atoms in total. The molecule has 0 bridgehead atoms. The van der Waals surface area contributed by atoms with Crippen LogP contribution in [-0.2, 0) is 0 Å². The van der Waals surface area contributed by atoms with Gasteiger partial charge in [0.2, 0.25) is 0 Å². The van der Waals surface area contributed by atoms with Gasteiger partial charge in [0.1, 0.15) is 0 Å². The lowest BCUT2D eigenvalue weighted by Crippen LogP contribution is -2.13. The normalized spacial score (nSPS) is 36.2. The Kier molecular flexibility index (Phi) is 2.10. The summed E-state index contributed by atoms with van der Waals surface area (Å²) in [6.07, 6.45) is 3.92. The van der Waals surface area contributed by atoms with Crippen molar-refractivity contribution in [2.24, 2.45) is 5.92 Å². The molecular weight excluding hydrogens is 192 g/mol. The molecule has 2 unspecified atom stereocenters. The Balaban J connectivity index is 1.76. The molecular formula is C11H16N2S. The number of thiazole rings is 1. The zero-order valence-corrected chi connectivity index (χ0v) is 9.31. The molecule has 2 aliphatic rings. The van der Waals surface area contributed by atoms with E-state index in [-0.39, 0.29) is 0 Å². The standard InChI is InChI=1S/C11H16N2S/c1-7-5-8(7)11-13-10(6-14-11)9-3-2-4-12-9/h6-9,12H,2-5H2,1H3/t7?,8?,9-/m1/s1. The van der Waals surface area contributed by atoms with Crippen molar-refractivity contribution in [2.45, 2.75) is 38.1 Å². The van der Waals surface area contributed by atoms with Crippen molar-refractivity contribution >= 4 is 11.3 Å². The second kappa shape index (κ2) is 3.31. The molecule has 0 spiro atoms.